The van der Waals surface area contributed by atoms with Crippen LogP contribution in [0, 0.1) is 5.92 Å². The van der Waals surface area contributed by atoms with Crippen LogP contribution in [0.5, 0.6) is 0 Å². The van der Waals surface area contributed by atoms with E-state index in [4.69, 9.17) is 29.6 Å². The molecule has 0 saturated carbocycles. The molecule has 1 aromatic rings. The van der Waals surface area contributed by atoms with Crippen LogP contribution in [0.3, 0.4) is 0 Å². The number of nitrogens with one attached hydrogen (secondary N) is 1. The predicted octanol–water partition coefficient (Wildman–Crippen LogP) is 2.69. The molecule has 0 bridgehead atoms. The molecule has 1 rings (SSSR count). The van der Waals surface area contributed by atoms with Gasteiger partial charge in [-0.05, 0) is 30.9 Å². The Labute approximate surface area is 130 Å². The fraction of sp³-hybridized carbons (Fsp3) is 0.462. The number of halogens is 1. The summed E-state index contributed by atoms with van der Waals surface area (Å²) in [5.41, 5.74) is 6.02. The molecule has 112 valence electrons. The minimum absolute atomic E-state index is 0.0451. The zero-order chi connectivity index (χ0) is 15.3. The van der Waals surface area contributed by atoms with Crippen LogP contribution in [-0.4, -0.2) is 20.0 Å². The van der Waals surface area contributed by atoms with Gasteiger partial charge in [0.25, 0.3) is 0 Å². The van der Waals surface area contributed by atoms with Crippen LogP contribution in [0.1, 0.15) is 32.3 Å². The third-order valence-electron chi connectivity index (χ3n) is 2.76. The van der Waals surface area contributed by atoms with Crippen LogP contribution < -0.4 is 10.5 Å². The van der Waals surface area contributed by atoms with Crippen LogP contribution in [0.25, 0.3) is 0 Å². The van der Waals surface area contributed by atoms with E-state index in [2.05, 4.69) is 18.6 Å². The molecule has 0 amide bonds. The molecule has 0 aromatic heterocycles. The first-order valence-electron chi connectivity index (χ1n) is 6.33. The molecule has 20 heavy (non-hydrogen) atoms. The van der Waals surface area contributed by atoms with Gasteiger partial charge in [0.1, 0.15) is 9.88 Å². The Balaban J connectivity index is 2.80. The zero-order valence-corrected chi connectivity index (χ0v) is 13.9. The maximum Gasteiger partial charge on any atom is 0.242 e. The highest BCUT2D eigenvalue weighted by Gasteiger charge is 2.18. The second-order valence-corrected chi connectivity index (χ2v) is 7.53. The topological polar surface area (TPSA) is 72.2 Å². The summed E-state index contributed by atoms with van der Waals surface area (Å²) in [4.78, 5) is 0.226. The fourth-order valence-corrected chi connectivity index (χ4v) is 3.41. The lowest BCUT2D eigenvalue weighted by Crippen LogP contribution is -2.25. The van der Waals surface area contributed by atoms with Gasteiger partial charge in [0.15, 0.2) is 0 Å². The quantitative estimate of drug-likeness (QED) is 0.594. The summed E-state index contributed by atoms with van der Waals surface area (Å²) >= 11 is 10.8. The zero-order valence-electron chi connectivity index (χ0n) is 11.5. The van der Waals surface area contributed by atoms with Gasteiger partial charge in [0.05, 0.1) is 5.02 Å². The van der Waals surface area contributed by atoms with Crippen LogP contribution in [-0.2, 0) is 10.0 Å². The fourth-order valence-electron chi connectivity index (χ4n) is 1.67. The van der Waals surface area contributed by atoms with Crippen molar-refractivity contribution in [1.29, 1.82) is 0 Å². The van der Waals surface area contributed by atoms with Crippen molar-refractivity contribution in [3.8, 4) is 0 Å². The van der Waals surface area contributed by atoms with Crippen molar-refractivity contribution in [2.45, 2.75) is 31.6 Å². The lowest BCUT2D eigenvalue weighted by molar-refractivity contribution is 0.540. The molecule has 0 heterocycles. The standard InChI is InChI=1S/C13H19ClN2O2S2/c1-9(2)4-3-7-16-20(17,18)12-6-5-10(13(15)19)8-11(12)14/h5-6,8-9,16H,3-4,7H2,1-2H3,(H2,15,19). The first kappa shape index (κ1) is 17.4. The Morgan fingerprint density at radius 1 is 1.45 bits per heavy atom. The third-order valence-corrected chi connectivity index (χ3v) is 4.94. The SMILES string of the molecule is CC(C)CCCNS(=O)(=O)c1ccc(C(N)=S)cc1Cl. The molecule has 0 aliphatic heterocycles. The van der Waals surface area contributed by atoms with Gasteiger partial charge < -0.3 is 5.73 Å². The number of sulfonamides is 1. The van der Waals surface area contributed by atoms with Crippen molar-refractivity contribution >= 4 is 38.8 Å². The minimum Gasteiger partial charge on any atom is -0.389 e. The Bertz CT molecular complexity index is 586. The molecule has 7 heteroatoms. The third kappa shape index (κ3) is 5.01. The summed E-state index contributed by atoms with van der Waals surface area (Å²) in [6.07, 6.45) is 1.76. The lowest BCUT2D eigenvalue weighted by atomic mass is 10.1. The van der Waals surface area contributed by atoms with E-state index in [-0.39, 0.29) is 14.9 Å². The molecule has 0 unspecified atom stereocenters. The highest BCUT2D eigenvalue weighted by atomic mass is 35.5. The number of hydrogen-bond donors (Lipinski definition) is 2. The number of benzene rings is 1. The highest BCUT2D eigenvalue weighted by molar-refractivity contribution is 7.89. The molecule has 0 aliphatic rings. The summed E-state index contributed by atoms with van der Waals surface area (Å²) < 4.78 is 26.8. The monoisotopic (exact) mass is 334 g/mol. The number of rotatable bonds is 7. The van der Waals surface area contributed by atoms with E-state index in [1.807, 2.05) is 0 Å². The van der Waals surface area contributed by atoms with Gasteiger partial charge in [-0.3, -0.25) is 0 Å². The first-order chi connectivity index (χ1) is 9.24. The van der Waals surface area contributed by atoms with E-state index in [9.17, 15) is 8.42 Å². The van der Waals surface area contributed by atoms with Crippen LogP contribution in [0.4, 0.5) is 0 Å². The second-order valence-electron chi connectivity index (χ2n) is 4.94. The van der Waals surface area contributed by atoms with Gasteiger partial charge in [-0.15, -0.1) is 0 Å². The van der Waals surface area contributed by atoms with Crippen LogP contribution in [0.15, 0.2) is 23.1 Å². The Kier molecular flexibility index (Phi) is 6.39. The van der Waals surface area contributed by atoms with Gasteiger partial charge in [0.2, 0.25) is 10.0 Å². The maximum absolute atomic E-state index is 12.1. The van der Waals surface area contributed by atoms with Crippen molar-refractivity contribution in [3.05, 3.63) is 28.8 Å². The first-order valence-corrected chi connectivity index (χ1v) is 8.60. The molecule has 0 saturated heterocycles. The average molecular weight is 335 g/mol. The second kappa shape index (κ2) is 7.36. The maximum atomic E-state index is 12.1. The molecular weight excluding hydrogens is 316 g/mol. The van der Waals surface area contributed by atoms with Gasteiger partial charge >= 0.3 is 0 Å². The van der Waals surface area contributed by atoms with E-state index >= 15 is 0 Å². The lowest BCUT2D eigenvalue weighted by Gasteiger charge is -2.10. The van der Waals surface area contributed by atoms with Gasteiger partial charge in [0, 0.05) is 12.1 Å². The molecule has 4 nitrogen and oxygen atoms in total. The summed E-state index contributed by atoms with van der Waals surface area (Å²) in [7, 11) is -3.60. The van der Waals surface area contributed by atoms with Crippen molar-refractivity contribution in [2.24, 2.45) is 11.7 Å². The van der Waals surface area contributed by atoms with Gasteiger partial charge in [-0.2, -0.15) is 0 Å². The van der Waals surface area contributed by atoms with Crippen molar-refractivity contribution in [2.75, 3.05) is 6.54 Å². The Morgan fingerprint density at radius 2 is 2.10 bits per heavy atom. The summed E-state index contributed by atoms with van der Waals surface area (Å²) in [6, 6.07) is 4.44. The molecule has 0 spiro atoms. The predicted molar refractivity (Wildman–Crippen MR) is 86.6 cm³/mol. The van der Waals surface area contributed by atoms with Crippen molar-refractivity contribution in [3.63, 3.8) is 0 Å². The van der Waals surface area contributed by atoms with E-state index in [1.165, 1.54) is 12.1 Å². The summed E-state index contributed by atoms with van der Waals surface area (Å²) in [5, 5.41) is 0.117. The number of hydrogen-bond acceptors (Lipinski definition) is 3. The Morgan fingerprint density at radius 3 is 2.60 bits per heavy atom. The minimum atomic E-state index is -3.60. The molecule has 1 aromatic carbocycles. The van der Waals surface area contributed by atoms with Crippen molar-refractivity contribution in [1.82, 2.24) is 4.72 Å². The molecule has 0 aliphatic carbocycles. The van der Waals surface area contributed by atoms with Crippen molar-refractivity contribution < 1.29 is 8.42 Å². The number of nitrogens with two attached hydrogens (primary N) is 1. The van der Waals surface area contributed by atoms with E-state index < -0.39 is 10.0 Å². The average Bonchev–Trinajstić information content (AvgIpc) is 2.34. The molecule has 3 N–H and O–H groups in total. The molecule has 0 atom stereocenters. The smallest absolute Gasteiger partial charge is 0.242 e. The number of thiocarbonyl (C=S) groups is 1. The molecule has 0 radical (unpaired) electrons. The summed E-state index contributed by atoms with van der Waals surface area (Å²) in [6.45, 7) is 4.59. The van der Waals surface area contributed by atoms with Gasteiger partial charge in [-0.1, -0.05) is 43.7 Å². The summed E-state index contributed by atoms with van der Waals surface area (Å²) in [5.74, 6) is 0.549. The molecular formula is C13H19ClN2O2S2. The van der Waals surface area contributed by atoms with Gasteiger partial charge in [-0.25, -0.2) is 13.1 Å². The normalized spacial score (nSPS) is 11.8. The van der Waals surface area contributed by atoms with Crippen LogP contribution >= 0.6 is 23.8 Å². The van der Waals surface area contributed by atoms with E-state index in [0.717, 1.165) is 12.8 Å². The largest absolute Gasteiger partial charge is 0.389 e. The molecule has 0 fully saturated rings. The Hall–Kier alpha value is -0.690. The van der Waals surface area contributed by atoms with E-state index in [1.54, 1.807) is 6.07 Å². The van der Waals surface area contributed by atoms with E-state index in [0.29, 0.717) is 18.0 Å². The van der Waals surface area contributed by atoms with Crippen LogP contribution in [0.2, 0.25) is 5.02 Å². The highest BCUT2D eigenvalue weighted by Crippen LogP contribution is 2.22.